The Labute approximate surface area is 280 Å². The molecule has 0 bridgehead atoms. The first-order chi connectivity index (χ1) is 21.3. The summed E-state index contributed by atoms with van der Waals surface area (Å²) >= 11 is 24.4. The number of aromatic hydroxyl groups is 1. The van der Waals surface area contributed by atoms with Crippen molar-refractivity contribution < 1.29 is 28.7 Å². The molecule has 230 valence electrons. The van der Waals surface area contributed by atoms with E-state index in [2.05, 4.69) is 15.9 Å². The number of alkyl halides is 2. The molecule has 2 heterocycles. The van der Waals surface area contributed by atoms with Gasteiger partial charge in [-0.2, -0.15) is 0 Å². The zero-order chi connectivity index (χ0) is 32.2. The fraction of sp³-hybridized carbons (Fsp3) is 0.273. The third-order valence-corrected chi connectivity index (χ3v) is 11.9. The molecule has 1 N–H and O–H groups in total. The number of phenolic OH excluding ortho intramolecular Hbond substituents is 1. The molecule has 45 heavy (non-hydrogen) atoms. The van der Waals surface area contributed by atoms with E-state index in [1.807, 2.05) is 6.92 Å². The first-order valence-corrected chi connectivity index (χ1v) is 16.1. The van der Waals surface area contributed by atoms with Crippen LogP contribution in [0.15, 0.2) is 76.8 Å². The molecule has 4 amide bonds. The van der Waals surface area contributed by atoms with Crippen LogP contribution in [0.1, 0.15) is 29.9 Å². The lowest BCUT2D eigenvalue weighted by Crippen LogP contribution is -2.60. The Hall–Kier alpha value is -3.24. The Morgan fingerprint density at radius 2 is 1.58 bits per heavy atom. The minimum absolute atomic E-state index is 0.0717. The second-order valence-corrected chi connectivity index (χ2v) is 14.5. The molecule has 2 aliphatic heterocycles. The summed E-state index contributed by atoms with van der Waals surface area (Å²) in [6.07, 6.45) is 1.71. The highest BCUT2D eigenvalue weighted by Gasteiger charge is 2.77. The van der Waals surface area contributed by atoms with Crippen molar-refractivity contribution in [1.82, 2.24) is 0 Å². The number of halogens is 5. The first-order valence-electron chi connectivity index (χ1n) is 14.1. The van der Waals surface area contributed by atoms with E-state index in [0.717, 1.165) is 27.5 Å². The summed E-state index contributed by atoms with van der Waals surface area (Å²) < 4.78 is 14.4. The van der Waals surface area contributed by atoms with Crippen molar-refractivity contribution in [3.05, 3.63) is 98.8 Å². The molecule has 12 heteroatoms. The summed E-state index contributed by atoms with van der Waals surface area (Å²) in [5.41, 5.74) is 1.93. The molecular weight excluding hydrogens is 710 g/mol. The molecule has 1 saturated carbocycles. The molecule has 3 aromatic carbocycles. The molecule has 0 radical (unpaired) electrons. The van der Waals surface area contributed by atoms with Gasteiger partial charge in [0.05, 0.1) is 23.2 Å². The van der Waals surface area contributed by atoms with Gasteiger partial charge in [0.25, 0.3) is 11.8 Å². The summed E-state index contributed by atoms with van der Waals surface area (Å²) in [5, 5.41) is 11.5. The van der Waals surface area contributed by atoms with Crippen LogP contribution in [0.4, 0.5) is 15.8 Å². The lowest BCUT2D eigenvalue weighted by Gasteiger charge is -2.50. The number of carbonyl (C=O) groups is 4. The number of aryl methyl sites for hydroxylation is 1. The molecule has 7 rings (SSSR count). The topological polar surface area (TPSA) is 95.0 Å². The van der Waals surface area contributed by atoms with Gasteiger partial charge < -0.3 is 5.11 Å². The summed E-state index contributed by atoms with van der Waals surface area (Å²) in [4.78, 5) is 54.4. The second-order valence-electron chi connectivity index (χ2n) is 11.9. The van der Waals surface area contributed by atoms with E-state index in [1.54, 1.807) is 36.4 Å². The van der Waals surface area contributed by atoms with Crippen molar-refractivity contribution in [3.63, 3.8) is 0 Å². The number of carbonyl (C=O) groups excluding carboxylic acids is 4. The van der Waals surface area contributed by atoms with Crippen LogP contribution in [0.25, 0.3) is 0 Å². The third-order valence-electron chi connectivity index (χ3n) is 9.61. The molecular formula is C33H23BrCl3FN2O5. The highest BCUT2D eigenvalue weighted by Crippen LogP contribution is 2.66. The molecule has 3 fully saturated rings. The average Bonchev–Trinajstić information content (AvgIpc) is 3.34. The number of phenols is 1. The minimum Gasteiger partial charge on any atom is -0.508 e. The van der Waals surface area contributed by atoms with Gasteiger partial charge in [-0.05, 0) is 85.8 Å². The smallest absolute Gasteiger partial charge is 0.258 e. The summed E-state index contributed by atoms with van der Waals surface area (Å²) in [7, 11) is 0. The van der Waals surface area contributed by atoms with E-state index in [-0.39, 0.29) is 29.8 Å². The largest absolute Gasteiger partial charge is 0.508 e. The molecule has 6 atom stereocenters. The maximum absolute atomic E-state index is 14.4. The van der Waals surface area contributed by atoms with Gasteiger partial charge in [0.2, 0.25) is 11.8 Å². The number of fused-ring (bicyclic) bond motifs is 4. The van der Waals surface area contributed by atoms with Gasteiger partial charge in [-0.25, -0.2) is 14.2 Å². The van der Waals surface area contributed by atoms with E-state index < -0.39 is 62.9 Å². The van der Waals surface area contributed by atoms with E-state index in [9.17, 15) is 28.7 Å². The van der Waals surface area contributed by atoms with Crippen molar-refractivity contribution in [3.8, 4) is 5.75 Å². The number of rotatable bonds is 3. The monoisotopic (exact) mass is 730 g/mol. The maximum Gasteiger partial charge on any atom is 0.258 e. The van der Waals surface area contributed by atoms with Crippen LogP contribution in [0.3, 0.4) is 0 Å². The predicted molar refractivity (Wildman–Crippen MR) is 171 cm³/mol. The highest BCUT2D eigenvalue weighted by molar-refractivity contribution is 9.10. The van der Waals surface area contributed by atoms with Crippen LogP contribution in [0.2, 0.25) is 5.02 Å². The quantitative estimate of drug-likeness (QED) is 0.178. The van der Waals surface area contributed by atoms with Gasteiger partial charge in [-0.3, -0.25) is 19.2 Å². The van der Waals surface area contributed by atoms with Gasteiger partial charge in [0.15, 0.2) is 9.75 Å². The molecule has 0 aromatic heterocycles. The third kappa shape index (κ3) is 4.13. The molecule has 4 aliphatic rings. The van der Waals surface area contributed by atoms with Crippen molar-refractivity contribution >= 4 is 85.7 Å². The number of allylic oxidation sites excluding steroid dienone is 2. The average molecular weight is 733 g/mol. The molecule has 2 aliphatic carbocycles. The highest BCUT2D eigenvalue weighted by atomic mass is 79.9. The molecule has 7 nitrogen and oxygen atoms in total. The van der Waals surface area contributed by atoms with Gasteiger partial charge in [-0.1, -0.05) is 45.2 Å². The number of nitrogens with zero attached hydrogens (tertiary/aromatic N) is 2. The standard InChI is InChI=1S/C33H23BrCl3FN2O5/c1-15-2-6-19(13-24(15)35)39-28(42)21-10-9-20-23(26(21)29(39)43)14-32(36)30(44)40(18-7-4-17(38)5-8-18)31(45)33(32,37)27(20)22-12-16(34)3-11-25(22)41/h2-9,11-13,21,23,26-27,41H,10,14H2,1H3/t21-,23+,26-,27+,32+,33-/m0/s1. The number of amides is 4. The fourth-order valence-electron chi connectivity index (χ4n) is 7.48. The van der Waals surface area contributed by atoms with Crippen LogP contribution in [-0.4, -0.2) is 38.5 Å². The minimum atomic E-state index is -2.15. The number of imide groups is 2. The number of hydrogen-bond donors (Lipinski definition) is 1. The van der Waals surface area contributed by atoms with Crippen molar-refractivity contribution in [1.29, 1.82) is 0 Å². The maximum atomic E-state index is 14.4. The summed E-state index contributed by atoms with van der Waals surface area (Å²) in [5.74, 6) is -6.97. The van der Waals surface area contributed by atoms with Crippen molar-refractivity contribution in [2.24, 2.45) is 17.8 Å². The number of hydrogen-bond acceptors (Lipinski definition) is 5. The lowest BCUT2D eigenvalue weighted by molar-refractivity contribution is -0.125. The van der Waals surface area contributed by atoms with E-state index in [4.69, 9.17) is 34.8 Å². The van der Waals surface area contributed by atoms with Crippen molar-refractivity contribution in [2.75, 3.05) is 9.80 Å². The SMILES string of the molecule is Cc1ccc(N2C(=O)[C@H]3[C@H](CC=C4[C@H]3C[C@@]3(Cl)C(=O)N(c5ccc(F)cc5)C(=O)[C@@]3(Cl)[C@H]4c3cc(Br)ccc3O)C2=O)cc1Cl. The molecule has 3 aromatic rings. The van der Waals surface area contributed by atoms with E-state index >= 15 is 0 Å². The van der Waals surface area contributed by atoms with Gasteiger partial charge in [0.1, 0.15) is 11.6 Å². The fourth-order valence-corrected chi connectivity index (χ4v) is 8.96. The van der Waals surface area contributed by atoms with Gasteiger partial charge in [-0.15, -0.1) is 23.2 Å². The van der Waals surface area contributed by atoms with Crippen molar-refractivity contribution in [2.45, 2.75) is 35.4 Å². The normalized spacial score (nSPS) is 30.8. The summed E-state index contributed by atoms with van der Waals surface area (Å²) in [6, 6.07) is 14.3. The Bertz CT molecular complexity index is 1890. The number of anilines is 2. The molecule has 0 unspecified atom stereocenters. The van der Waals surface area contributed by atoms with Crippen LogP contribution in [0.5, 0.6) is 5.75 Å². The Kier molecular flexibility index (Phi) is 7.02. The zero-order valence-corrected chi connectivity index (χ0v) is 27.3. The Morgan fingerprint density at radius 3 is 2.27 bits per heavy atom. The lowest BCUT2D eigenvalue weighted by atomic mass is 9.56. The molecule has 0 spiro atoms. The predicted octanol–water partition coefficient (Wildman–Crippen LogP) is 7.02. The van der Waals surface area contributed by atoms with Gasteiger partial charge in [0, 0.05) is 21.0 Å². The number of benzene rings is 3. The van der Waals surface area contributed by atoms with Gasteiger partial charge >= 0.3 is 0 Å². The second kappa shape index (κ2) is 10.4. The Balaban J connectivity index is 1.41. The Morgan fingerprint density at radius 1 is 0.889 bits per heavy atom. The van der Waals surface area contributed by atoms with Crippen LogP contribution in [-0.2, 0) is 19.2 Å². The molecule has 2 saturated heterocycles. The van der Waals surface area contributed by atoms with Crippen LogP contribution >= 0.6 is 50.7 Å². The van der Waals surface area contributed by atoms with Crippen LogP contribution in [0, 0.1) is 30.5 Å². The van der Waals surface area contributed by atoms with E-state index in [0.29, 0.717) is 20.8 Å². The van der Waals surface area contributed by atoms with E-state index in [1.165, 1.54) is 18.2 Å². The zero-order valence-electron chi connectivity index (χ0n) is 23.4. The summed E-state index contributed by atoms with van der Waals surface area (Å²) in [6.45, 7) is 1.81. The van der Waals surface area contributed by atoms with Crippen LogP contribution < -0.4 is 9.80 Å². The first kappa shape index (κ1) is 30.4.